The Hall–Kier alpha value is -2.80. The summed E-state index contributed by atoms with van der Waals surface area (Å²) in [5, 5.41) is 2.21. The van der Waals surface area contributed by atoms with Gasteiger partial charge in [-0.3, -0.25) is 14.4 Å². The monoisotopic (exact) mass is 477 g/mol. The third-order valence-corrected chi connectivity index (χ3v) is 8.24. The van der Waals surface area contributed by atoms with Crippen LogP contribution in [-0.4, -0.2) is 47.5 Å². The van der Waals surface area contributed by atoms with Gasteiger partial charge in [0.1, 0.15) is 6.54 Å². The molecule has 1 atom stereocenters. The number of nitrogens with one attached hydrogen (secondary N) is 1. The summed E-state index contributed by atoms with van der Waals surface area (Å²) in [7, 11) is 0. The molecular formula is C27H31N3O3S. The van der Waals surface area contributed by atoms with E-state index in [1.807, 2.05) is 41.3 Å². The molecule has 2 aromatic carbocycles. The zero-order valence-corrected chi connectivity index (χ0v) is 20.2. The van der Waals surface area contributed by atoms with Crippen LogP contribution >= 0.6 is 11.8 Å². The molecule has 1 fully saturated rings. The second kappa shape index (κ2) is 10.2. The Morgan fingerprint density at radius 2 is 1.68 bits per heavy atom. The minimum atomic E-state index is -0.842. The number of aryl methyl sites for hydroxylation is 1. The van der Waals surface area contributed by atoms with E-state index >= 15 is 0 Å². The average molecular weight is 478 g/mol. The summed E-state index contributed by atoms with van der Waals surface area (Å²) in [6.07, 6.45) is 8.47. The second-order valence-electron chi connectivity index (χ2n) is 9.33. The normalized spacial score (nSPS) is 20.2. The summed E-state index contributed by atoms with van der Waals surface area (Å²) >= 11 is 1.31. The van der Waals surface area contributed by atoms with Gasteiger partial charge in [0.25, 0.3) is 5.91 Å². The van der Waals surface area contributed by atoms with Crippen LogP contribution in [0.3, 0.4) is 0 Å². The Morgan fingerprint density at radius 1 is 0.912 bits per heavy atom. The van der Waals surface area contributed by atoms with Gasteiger partial charge >= 0.3 is 0 Å². The van der Waals surface area contributed by atoms with Crippen molar-refractivity contribution in [1.82, 2.24) is 4.90 Å². The first-order valence-electron chi connectivity index (χ1n) is 12.4. The Labute approximate surface area is 205 Å². The highest BCUT2D eigenvalue weighted by molar-refractivity contribution is 8.01. The molecule has 1 N–H and O–H groups in total. The van der Waals surface area contributed by atoms with E-state index in [-0.39, 0.29) is 24.3 Å². The van der Waals surface area contributed by atoms with Crippen molar-refractivity contribution < 1.29 is 14.4 Å². The van der Waals surface area contributed by atoms with E-state index < -0.39 is 5.25 Å². The van der Waals surface area contributed by atoms with Crippen molar-refractivity contribution in [3.05, 3.63) is 53.6 Å². The van der Waals surface area contributed by atoms with Gasteiger partial charge < -0.3 is 15.1 Å². The number of hydrogen-bond acceptors (Lipinski definition) is 4. The predicted octanol–water partition coefficient (Wildman–Crippen LogP) is 4.41. The van der Waals surface area contributed by atoms with Crippen molar-refractivity contribution in [2.75, 3.05) is 29.9 Å². The molecule has 3 amide bonds. The molecular weight excluding hydrogens is 446 g/mol. The molecule has 0 bridgehead atoms. The Bertz CT molecular complexity index is 1090. The van der Waals surface area contributed by atoms with E-state index in [1.165, 1.54) is 34.2 Å². The molecule has 1 unspecified atom stereocenters. The first kappa shape index (κ1) is 23.0. The van der Waals surface area contributed by atoms with E-state index in [9.17, 15) is 14.4 Å². The lowest BCUT2D eigenvalue weighted by Gasteiger charge is -2.34. The van der Waals surface area contributed by atoms with Gasteiger partial charge in [0.05, 0.1) is 5.69 Å². The van der Waals surface area contributed by atoms with Gasteiger partial charge in [0.15, 0.2) is 5.25 Å². The summed E-state index contributed by atoms with van der Waals surface area (Å²) in [6.45, 7) is 1.29. The summed E-state index contributed by atoms with van der Waals surface area (Å²) in [5.74, 6) is -0.674. The van der Waals surface area contributed by atoms with Crippen molar-refractivity contribution in [1.29, 1.82) is 0 Å². The third kappa shape index (κ3) is 4.71. The van der Waals surface area contributed by atoms with Gasteiger partial charge in [-0.05, 0) is 67.9 Å². The third-order valence-electron chi connectivity index (χ3n) is 7.00. The van der Waals surface area contributed by atoms with E-state index in [0.29, 0.717) is 18.8 Å². The van der Waals surface area contributed by atoms with Crippen LogP contribution in [0.1, 0.15) is 49.7 Å². The Kier molecular flexibility index (Phi) is 6.90. The van der Waals surface area contributed by atoms with Crippen LogP contribution in [0, 0.1) is 0 Å². The molecule has 2 aromatic rings. The molecule has 0 aromatic heterocycles. The quantitative estimate of drug-likeness (QED) is 0.662. The van der Waals surface area contributed by atoms with E-state index in [0.717, 1.165) is 55.5 Å². The number of benzene rings is 2. The number of likely N-dealkylation sites (tertiary alicyclic amines) is 1. The van der Waals surface area contributed by atoms with Crippen LogP contribution < -0.4 is 10.2 Å². The number of fused-ring (bicyclic) bond motifs is 2. The van der Waals surface area contributed by atoms with Crippen LogP contribution in [0.25, 0.3) is 0 Å². The van der Waals surface area contributed by atoms with Crippen LogP contribution in [0.5, 0.6) is 0 Å². The van der Waals surface area contributed by atoms with E-state index in [2.05, 4.69) is 11.4 Å². The van der Waals surface area contributed by atoms with Crippen LogP contribution in [0.2, 0.25) is 0 Å². The Balaban J connectivity index is 1.36. The number of amides is 3. The maximum atomic E-state index is 13.6. The number of carbonyl (C=O) groups is 3. The number of hydrogen-bond donors (Lipinski definition) is 1. The predicted molar refractivity (Wildman–Crippen MR) is 135 cm³/mol. The lowest BCUT2D eigenvalue weighted by atomic mass is 9.90. The van der Waals surface area contributed by atoms with Gasteiger partial charge in [-0.2, -0.15) is 0 Å². The molecule has 7 heteroatoms. The average Bonchev–Trinajstić information content (AvgIpc) is 3.15. The first-order valence-corrected chi connectivity index (χ1v) is 13.3. The first-order chi connectivity index (χ1) is 16.6. The summed E-state index contributed by atoms with van der Waals surface area (Å²) in [6, 6.07) is 13.6. The zero-order chi connectivity index (χ0) is 23.5. The topological polar surface area (TPSA) is 69.7 Å². The number of anilines is 2. The highest BCUT2D eigenvalue weighted by atomic mass is 32.2. The summed E-state index contributed by atoms with van der Waals surface area (Å²) in [5.41, 5.74) is 4.04. The minimum absolute atomic E-state index is 0.107. The molecule has 6 nitrogen and oxygen atoms in total. The molecule has 0 spiro atoms. The lowest BCUT2D eigenvalue weighted by Crippen LogP contribution is -2.51. The van der Waals surface area contributed by atoms with Gasteiger partial charge in [0, 0.05) is 23.7 Å². The second-order valence-corrected chi connectivity index (χ2v) is 10.5. The van der Waals surface area contributed by atoms with Gasteiger partial charge in [-0.25, -0.2) is 0 Å². The summed E-state index contributed by atoms with van der Waals surface area (Å²) in [4.78, 5) is 44.3. The lowest BCUT2D eigenvalue weighted by molar-refractivity contribution is -0.135. The zero-order valence-electron chi connectivity index (χ0n) is 19.4. The van der Waals surface area contributed by atoms with E-state index in [1.54, 1.807) is 0 Å². The Morgan fingerprint density at radius 3 is 2.50 bits per heavy atom. The smallest absolute Gasteiger partial charge is 0.250 e. The highest BCUT2D eigenvalue weighted by Crippen LogP contribution is 2.40. The van der Waals surface area contributed by atoms with Crippen molar-refractivity contribution in [3.63, 3.8) is 0 Å². The fourth-order valence-corrected chi connectivity index (χ4v) is 6.41. The van der Waals surface area contributed by atoms with Gasteiger partial charge in [-0.15, -0.1) is 11.8 Å². The van der Waals surface area contributed by atoms with Crippen molar-refractivity contribution >= 4 is 40.9 Å². The minimum Gasteiger partial charge on any atom is -0.341 e. The molecule has 3 aliphatic rings. The maximum absolute atomic E-state index is 13.6. The number of para-hydroxylation sites is 1. The fraction of sp³-hybridized carbons (Fsp3) is 0.444. The highest BCUT2D eigenvalue weighted by Gasteiger charge is 2.40. The van der Waals surface area contributed by atoms with Gasteiger partial charge in [0.2, 0.25) is 11.8 Å². The number of thioether (sulfide) groups is 1. The van der Waals surface area contributed by atoms with Crippen LogP contribution in [-0.2, 0) is 27.2 Å². The molecule has 5 rings (SSSR count). The molecule has 2 aliphatic heterocycles. The maximum Gasteiger partial charge on any atom is 0.250 e. The van der Waals surface area contributed by atoms with E-state index in [4.69, 9.17) is 0 Å². The summed E-state index contributed by atoms with van der Waals surface area (Å²) < 4.78 is 0. The SMILES string of the molecule is O=C(CN1C(=O)C(C(=O)N2CCCCCC2)Sc2ccccc21)Nc1cccc2c1CCCC2. The molecule has 1 aliphatic carbocycles. The van der Waals surface area contributed by atoms with Crippen molar-refractivity contribution in [2.45, 2.75) is 61.5 Å². The van der Waals surface area contributed by atoms with Crippen LogP contribution in [0.15, 0.2) is 47.4 Å². The molecule has 1 saturated heterocycles. The number of nitrogens with zero attached hydrogens (tertiary/aromatic N) is 2. The van der Waals surface area contributed by atoms with Crippen molar-refractivity contribution in [3.8, 4) is 0 Å². The molecule has 0 radical (unpaired) electrons. The largest absolute Gasteiger partial charge is 0.341 e. The van der Waals surface area contributed by atoms with Crippen molar-refractivity contribution in [2.24, 2.45) is 0 Å². The van der Waals surface area contributed by atoms with Crippen LogP contribution in [0.4, 0.5) is 11.4 Å². The fourth-order valence-electron chi connectivity index (χ4n) is 5.23. The van der Waals surface area contributed by atoms with Gasteiger partial charge in [-0.1, -0.05) is 37.1 Å². The molecule has 178 valence electrons. The molecule has 0 saturated carbocycles. The number of rotatable bonds is 4. The molecule has 34 heavy (non-hydrogen) atoms. The number of carbonyl (C=O) groups excluding carboxylic acids is 3. The standard InChI is InChI=1S/C27H31N3O3S/c31-24(28-21-13-9-11-19-10-3-4-12-20(19)21)18-30-22-14-5-6-15-23(22)34-25(27(30)33)26(32)29-16-7-1-2-8-17-29/h5-6,9,11,13-15,25H,1-4,7-8,10,12,16-18H2,(H,28,31). The molecule has 2 heterocycles.